The fourth-order valence-corrected chi connectivity index (χ4v) is 1.51. The van der Waals surface area contributed by atoms with E-state index in [1.807, 2.05) is 37.9 Å². The molecule has 0 amide bonds. The molecule has 0 spiro atoms. The van der Waals surface area contributed by atoms with Gasteiger partial charge >= 0.3 is 0 Å². The number of anilines is 1. The van der Waals surface area contributed by atoms with Crippen molar-refractivity contribution in [2.24, 2.45) is 0 Å². The van der Waals surface area contributed by atoms with Crippen molar-refractivity contribution < 1.29 is 4.79 Å². The Morgan fingerprint density at radius 2 is 2.00 bits per heavy atom. The second-order valence-corrected chi connectivity index (χ2v) is 3.77. The maximum absolute atomic E-state index is 11.6. The van der Waals surface area contributed by atoms with Gasteiger partial charge in [0.1, 0.15) is 0 Å². The van der Waals surface area contributed by atoms with Gasteiger partial charge in [0.25, 0.3) is 0 Å². The average Bonchev–Trinajstić information content (AvgIpc) is 2.36. The van der Waals surface area contributed by atoms with E-state index < -0.39 is 0 Å². The minimum absolute atomic E-state index is 0.127. The normalized spacial score (nSPS) is 11.6. The number of nitriles is 1. The molecule has 1 unspecified atom stereocenters. The van der Waals surface area contributed by atoms with Crippen molar-refractivity contribution in [1.82, 2.24) is 0 Å². The van der Waals surface area contributed by atoms with E-state index in [0.717, 1.165) is 5.69 Å². The summed E-state index contributed by atoms with van der Waals surface area (Å²) in [5.74, 6) is 0.215. The number of likely N-dealkylation sites (N-methyl/N-ethyl adjacent to an activating group) is 1. The highest BCUT2D eigenvalue weighted by Gasteiger charge is 2.16. The molecule has 0 bridgehead atoms. The molecule has 1 rings (SSSR count). The highest BCUT2D eigenvalue weighted by molar-refractivity contribution is 5.86. The van der Waals surface area contributed by atoms with Gasteiger partial charge in [-0.05, 0) is 31.2 Å². The van der Waals surface area contributed by atoms with Crippen LogP contribution >= 0.6 is 0 Å². The topological polar surface area (TPSA) is 44.1 Å². The van der Waals surface area contributed by atoms with Gasteiger partial charge in [-0.15, -0.1) is 0 Å². The number of carbonyl (C=O) groups excluding carboxylic acids is 1. The first-order valence-corrected chi connectivity index (χ1v) is 5.35. The number of nitrogens with zero attached hydrogens (tertiary/aromatic N) is 2. The zero-order valence-electron chi connectivity index (χ0n) is 9.90. The van der Waals surface area contributed by atoms with Crippen LogP contribution in [-0.4, -0.2) is 18.9 Å². The lowest BCUT2D eigenvalue weighted by Gasteiger charge is -2.25. The Hall–Kier alpha value is -1.82. The van der Waals surface area contributed by atoms with Crippen molar-refractivity contribution in [2.75, 3.05) is 11.9 Å². The van der Waals surface area contributed by atoms with Gasteiger partial charge in [0.2, 0.25) is 0 Å². The summed E-state index contributed by atoms with van der Waals surface area (Å²) in [6.07, 6.45) is 0.543. The summed E-state index contributed by atoms with van der Waals surface area (Å²) < 4.78 is 0. The van der Waals surface area contributed by atoms with Crippen LogP contribution in [0.1, 0.15) is 25.8 Å². The molecule has 84 valence electrons. The molecule has 16 heavy (non-hydrogen) atoms. The van der Waals surface area contributed by atoms with Crippen molar-refractivity contribution in [3.8, 4) is 6.07 Å². The summed E-state index contributed by atoms with van der Waals surface area (Å²) in [5.41, 5.74) is 1.58. The number of ketones is 1. The van der Waals surface area contributed by atoms with Crippen LogP contribution in [0.15, 0.2) is 24.3 Å². The molecule has 1 atom stereocenters. The van der Waals surface area contributed by atoms with Gasteiger partial charge in [-0.1, -0.05) is 6.92 Å². The minimum Gasteiger partial charge on any atom is -0.365 e. The summed E-state index contributed by atoms with van der Waals surface area (Å²) in [6.45, 7) is 3.76. The maximum Gasteiger partial charge on any atom is 0.154 e. The number of Topliss-reactive ketones (excluding diaryl/α,β-unsaturated/α-hetero) is 1. The number of hydrogen-bond acceptors (Lipinski definition) is 3. The molecular weight excluding hydrogens is 200 g/mol. The number of hydrogen-bond donors (Lipinski definition) is 0. The molecule has 3 nitrogen and oxygen atoms in total. The van der Waals surface area contributed by atoms with E-state index in [0.29, 0.717) is 12.0 Å². The lowest BCUT2D eigenvalue weighted by Crippen LogP contribution is -2.35. The fourth-order valence-electron chi connectivity index (χ4n) is 1.51. The molecule has 0 saturated carbocycles. The Balaban J connectivity index is 2.84. The molecule has 3 heteroatoms. The van der Waals surface area contributed by atoms with Gasteiger partial charge in [-0.25, -0.2) is 0 Å². The van der Waals surface area contributed by atoms with Crippen LogP contribution in [0.3, 0.4) is 0 Å². The Bertz CT molecular complexity index is 403. The zero-order valence-corrected chi connectivity index (χ0v) is 9.90. The van der Waals surface area contributed by atoms with Crippen LogP contribution in [0.25, 0.3) is 0 Å². The van der Waals surface area contributed by atoms with E-state index in [1.54, 1.807) is 12.1 Å². The largest absolute Gasteiger partial charge is 0.365 e. The third-order valence-corrected chi connectivity index (χ3v) is 2.80. The second kappa shape index (κ2) is 5.32. The lowest BCUT2D eigenvalue weighted by atomic mass is 10.1. The molecule has 0 aliphatic carbocycles. The zero-order chi connectivity index (χ0) is 12.1. The van der Waals surface area contributed by atoms with Gasteiger partial charge in [-0.2, -0.15) is 5.26 Å². The lowest BCUT2D eigenvalue weighted by molar-refractivity contribution is -0.119. The summed E-state index contributed by atoms with van der Waals surface area (Å²) in [7, 11) is 1.89. The summed E-state index contributed by atoms with van der Waals surface area (Å²) >= 11 is 0. The van der Waals surface area contributed by atoms with Crippen LogP contribution in [0.4, 0.5) is 5.69 Å². The van der Waals surface area contributed by atoms with Crippen molar-refractivity contribution in [1.29, 1.82) is 5.26 Å². The Morgan fingerprint density at radius 3 is 2.44 bits per heavy atom. The third kappa shape index (κ3) is 2.60. The standard InChI is InChI=1S/C13H16N2O/c1-4-13(16)10(2)15(3)12-7-5-11(9-14)6-8-12/h5-8,10H,4H2,1-3H3. The van der Waals surface area contributed by atoms with E-state index in [-0.39, 0.29) is 11.8 Å². The highest BCUT2D eigenvalue weighted by atomic mass is 16.1. The van der Waals surface area contributed by atoms with E-state index in [1.165, 1.54) is 0 Å². The minimum atomic E-state index is -0.127. The van der Waals surface area contributed by atoms with Gasteiger partial charge in [0.05, 0.1) is 17.7 Å². The van der Waals surface area contributed by atoms with Crippen molar-refractivity contribution in [2.45, 2.75) is 26.3 Å². The first kappa shape index (κ1) is 12.3. The Labute approximate surface area is 96.3 Å². The van der Waals surface area contributed by atoms with E-state index >= 15 is 0 Å². The van der Waals surface area contributed by atoms with Crippen LogP contribution in [0, 0.1) is 11.3 Å². The van der Waals surface area contributed by atoms with E-state index in [4.69, 9.17) is 5.26 Å². The molecule has 1 aromatic rings. The van der Waals surface area contributed by atoms with Gasteiger partial charge < -0.3 is 4.90 Å². The summed E-state index contributed by atoms with van der Waals surface area (Å²) in [4.78, 5) is 13.5. The van der Waals surface area contributed by atoms with Crippen LogP contribution < -0.4 is 4.90 Å². The molecule has 0 saturated heterocycles. The molecule has 0 aliphatic rings. The van der Waals surface area contributed by atoms with Crippen molar-refractivity contribution in [3.05, 3.63) is 29.8 Å². The molecule has 0 fully saturated rings. The average molecular weight is 216 g/mol. The van der Waals surface area contributed by atoms with Gasteiger partial charge in [0, 0.05) is 19.2 Å². The molecule has 0 aromatic heterocycles. The molecular formula is C13H16N2O. The molecule has 0 aliphatic heterocycles. The fraction of sp³-hybridized carbons (Fsp3) is 0.385. The predicted octanol–water partition coefficient (Wildman–Crippen LogP) is 2.36. The Morgan fingerprint density at radius 1 is 1.44 bits per heavy atom. The Kier molecular flexibility index (Phi) is 4.07. The predicted molar refractivity (Wildman–Crippen MR) is 64.3 cm³/mol. The monoisotopic (exact) mass is 216 g/mol. The number of carbonyl (C=O) groups is 1. The highest BCUT2D eigenvalue weighted by Crippen LogP contribution is 2.16. The van der Waals surface area contributed by atoms with E-state index in [2.05, 4.69) is 6.07 Å². The van der Waals surface area contributed by atoms with Crippen LogP contribution in [0.5, 0.6) is 0 Å². The molecule has 0 N–H and O–H groups in total. The van der Waals surface area contributed by atoms with Crippen molar-refractivity contribution in [3.63, 3.8) is 0 Å². The number of benzene rings is 1. The summed E-state index contributed by atoms with van der Waals surface area (Å²) in [5, 5.41) is 8.68. The van der Waals surface area contributed by atoms with E-state index in [9.17, 15) is 4.79 Å². The first-order chi connectivity index (χ1) is 7.60. The van der Waals surface area contributed by atoms with Crippen LogP contribution in [-0.2, 0) is 4.79 Å². The smallest absolute Gasteiger partial charge is 0.154 e. The second-order valence-electron chi connectivity index (χ2n) is 3.77. The molecule has 1 aromatic carbocycles. The number of rotatable bonds is 4. The quantitative estimate of drug-likeness (QED) is 0.776. The molecule has 0 heterocycles. The van der Waals surface area contributed by atoms with Gasteiger partial charge in [0.15, 0.2) is 5.78 Å². The molecule has 0 radical (unpaired) electrons. The summed E-state index contributed by atoms with van der Waals surface area (Å²) in [6, 6.07) is 9.18. The van der Waals surface area contributed by atoms with Crippen LogP contribution in [0.2, 0.25) is 0 Å². The van der Waals surface area contributed by atoms with Crippen molar-refractivity contribution >= 4 is 11.5 Å². The third-order valence-electron chi connectivity index (χ3n) is 2.80. The van der Waals surface area contributed by atoms with Gasteiger partial charge in [-0.3, -0.25) is 4.79 Å². The first-order valence-electron chi connectivity index (χ1n) is 5.35. The maximum atomic E-state index is 11.6. The SMILES string of the molecule is CCC(=O)C(C)N(C)c1ccc(C#N)cc1.